The van der Waals surface area contributed by atoms with Crippen LogP contribution in [-0.4, -0.2) is 33.9 Å². The number of hydrogen-bond donors (Lipinski definition) is 1. The Bertz CT molecular complexity index is 539. The average Bonchev–Trinajstić information content (AvgIpc) is 2.98. The number of aromatic nitrogens is 3. The number of methoxy groups -OCH3 is 1. The minimum Gasteiger partial charge on any atom is -0.467 e. The van der Waals surface area contributed by atoms with Crippen LogP contribution in [-0.2, 0) is 9.53 Å². The molecule has 2 aromatic rings. The lowest BCUT2D eigenvalue weighted by atomic mass is 10.2. The molecule has 2 rings (SSSR count). The highest BCUT2D eigenvalue weighted by Crippen LogP contribution is 2.18. The van der Waals surface area contributed by atoms with Crippen LogP contribution in [0, 0.1) is 0 Å². The summed E-state index contributed by atoms with van der Waals surface area (Å²) in [7, 11) is 1.38. The number of pyridine rings is 1. The van der Waals surface area contributed by atoms with Crippen LogP contribution in [0.25, 0.3) is 5.82 Å². The van der Waals surface area contributed by atoms with Crippen LogP contribution in [0.4, 0.5) is 5.69 Å². The first kappa shape index (κ1) is 13.1. The van der Waals surface area contributed by atoms with Crippen molar-refractivity contribution in [2.45, 2.75) is 19.4 Å². The van der Waals surface area contributed by atoms with Crippen molar-refractivity contribution in [3.05, 3.63) is 36.8 Å². The van der Waals surface area contributed by atoms with E-state index < -0.39 is 6.04 Å². The second kappa shape index (κ2) is 5.99. The van der Waals surface area contributed by atoms with Gasteiger partial charge in [-0.15, -0.1) is 0 Å². The first-order chi connectivity index (χ1) is 9.26. The van der Waals surface area contributed by atoms with E-state index in [1.165, 1.54) is 7.11 Å². The molecule has 0 spiro atoms. The molecule has 0 aliphatic heterocycles. The van der Waals surface area contributed by atoms with Gasteiger partial charge < -0.3 is 10.1 Å². The summed E-state index contributed by atoms with van der Waals surface area (Å²) < 4.78 is 6.41. The van der Waals surface area contributed by atoms with Gasteiger partial charge in [0.2, 0.25) is 0 Å². The molecule has 6 heteroatoms. The predicted molar refractivity (Wildman–Crippen MR) is 71.1 cm³/mol. The van der Waals surface area contributed by atoms with E-state index in [9.17, 15) is 4.79 Å². The predicted octanol–water partition coefficient (Wildman–Crippen LogP) is 1.63. The molecule has 0 amide bonds. The Hall–Kier alpha value is -2.37. The quantitative estimate of drug-likeness (QED) is 0.827. The molecular formula is C13H16N4O2. The first-order valence-corrected chi connectivity index (χ1v) is 6.05. The number of carbonyl (C=O) groups excluding carboxylic acids is 1. The Kier molecular flexibility index (Phi) is 4.12. The van der Waals surface area contributed by atoms with E-state index in [0.29, 0.717) is 12.2 Å². The van der Waals surface area contributed by atoms with E-state index in [-0.39, 0.29) is 5.97 Å². The van der Waals surface area contributed by atoms with Crippen LogP contribution in [0.1, 0.15) is 13.3 Å². The largest absolute Gasteiger partial charge is 0.467 e. The topological polar surface area (TPSA) is 69.0 Å². The fraction of sp³-hybridized carbons (Fsp3) is 0.308. The maximum atomic E-state index is 11.6. The maximum Gasteiger partial charge on any atom is 0.328 e. The summed E-state index contributed by atoms with van der Waals surface area (Å²) in [6.07, 6.45) is 5.78. The molecule has 1 atom stereocenters. The number of nitrogens with one attached hydrogen (secondary N) is 1. The number of hydrogen-bond acceptors (Lipinski definition) is 5. The molecule has 19 heavy (non-hydrogen) atoms. The summed E-state index contributed by atoms with van der Waals surface area (Å²) in [6.45, 7) is 1.92. The molecular weight excluding hydrogens is 244 g/mol. The standard InChI is InChI=1S/C13H16N4O2/c1-3-10(13(18)19-2)16-11-6-4-7-14-12(11)17-9-5-8-15-17/h4-10,16H,3H2,1-2H3. The van der Waals surface area contributed by atoms with Gasteiger partial charge in [0.15, 0.2) is 5.82 Å². The van der Waals surface area contributed by atoms with Crippen LogP contribution >= 0.6 is 0 Å². The van der Waals surface area contributed by atoms with Crippen molar-refractivity contribution in [2.75, 3.05) is 12.4 Å². The zero-order valence-electron chi connectivity index (χ0n) is 10.9. The highest BCUT2D eigenvalue weighted by Gasteiger charge is 2.18. The molecule has 0 aliphatic rings. The second-order valence-corrected chi connectivity index (χ2v) is 3.95. The van der Waals surface area contributed by atoms with E-state index in [1.807, 2.05) is 19.1 Å². The van der Waals surface area contributed by atoms with Gasteiger partial charge in [-0.05, 0) is 24.6 Å². The van der Waals surface area contributed by atoms with Crippen LogP contribution < -0.4 is 5.32 Å². The van der Waals surface area contributed by atoms with Crippen molar-refractivity contribution in [1.29, 1.82) is 0 Å². The van der Waals surface area contributed by atoms with Crippen molar-refractivity contribution in [2.24, 2.45) is 0 Å². The van der Waals surface area contributed by atoms with Gasteiger partial charge in [-0.25, -0.2) is 14.5 Å². The summed E-state index contributed by atoms with van der Waals surface area (Å²) in [5.74, 6) is 0.354. The van der Waals surface area contributed by atoms with Crippen molar-refractivity contribution < 1.29 is 9.53 Å². The molecule has 2 heterocycles. The Morgan fingerprint density at radius 1 is 1.47 bits per heavy atom. The van der Waals surface area contributed by atoms with Crippen LogP contribution in [0.15, 0.2) is 36.8 Å². The lowest BCUT2D eigenvalue weighted by Crippen LogP contribution is -2.30. The molecule has 2 aromatic heterocycles. The summed E-state index contributed by atoms with van der Waals surface area (Å²) in [4.78, 5) is 15.9. The molecule has 0 bridgehead atoms. The smallest absolute Gasteiger partial charge is 0.328 e. The number of nitrogens with zero attached hydrogens (tertiary/aromatic N) is 3. The van der Waals surface area contributed by atoms with Gasteiger partial charge >= 0.3 is 5.97 Å². The number of anilines is 1. The fourth-order valence-electron chi connectivity index (χ4n) is 1.74. The molecule has 0 radical (unpaired) electrons. The van der Waals surface area contributed by atoms with Crippen LogP contribution in [0.5, 0.6) is 0 Å². The highest BCUT2D eigenvalue weighted by molar-refractivity contribution is 5.80. The maximum absolute atomic E-state index is 11.6. The van der Waals surface area contributed by atoms with Crippen LogP contribution in [0.3, 0.4) is 0 Å². The molecule has 1 N–H and O–H groups in total. The molecule has 0 saturated heterocycles. The Labute approximate surface area is 111 Å². The average molecular weight is 260 g/mol. The van der Waals surface area contributed by atoms with Gasteiger partial charge in [-0.3, -0.25) is 0 Å². The Morgan fingerprint density at radius 3 is 2.95 bits per heavy atom. The van der Waals surface area contributed by atoms with E-state index >= 15 is 0 Å². The SMILES string of the molecule is CCC(Nc1cccnc1-n1cccn1)C(=O)OC. The van der Waals surface area contributed by atoms with E-state index in [1.54, 1.807) is 29.3 Å². The molecule has 0 saturated carbocycles. The Balaban J connectivity index is 2.28. The van der Waals surface area contributed by atoms with E-state index in [4.69, 9.17) is 4.74 Å². The Morgan fingerprint density at radius 2 is 2.32 bits per heavy atom. The fourth-order valence-corrected chi connectivity index (χ4v) is 1.74. The van der Waals surface area contributed by atoms with Crippen LogP contribution in [0.2, 0.25) is 0 Å². The van der Waals surface area contributed by atoms with Gasteiger partial charge in [-0.2, -0.15) is 5.10 Å². The monoisotopic (exact) mass is 260 g/mol. The lowest BCUT2D eigenvalue weighted by molar-refractivity contribution is -0.141. The summed E-state index contributed by atoms with van der Waals surface area (Å²) in [5, 5.41) is 7.28. The minimum absolute atomic E-state index is 0.294. The summed E-state index contributed by atoms with van der Waals surface area (Å²) in [5.41, 5.74) is 0.739. The van der Waals surface area contributed by atoms with Crippen molar-refractivity contribution >= 4 is 11.7 Å². The normalized spacial score (nSPS) is 11.9. The van der Waals surface area contributed by atoms with Gasteiger partial charge in [0.25, 0.3) is 0 Å². The minimum atomic E-state index is -0.400. The lowest BCUT2D eigenvalue weighted by Gasteiger charge is -2.17. The van der Waals surface area contributed by atoms with Gasteiger partial charge in [0, 0.05) is 18.6 Å². The molecule has 0 aliphatic carbocycles. The highest BCUT2D eigenvalue weighted by atomic mass is 16.5. The molecule has 1 unspecified atom stereocenters. The first-order valence-electron chi connectivity index (χ1n) is 6.05. The zero-order valence-corrected chi connectivity index (χ0v) is 10.9. The van der Waals surface area contributed by atoms with E-state index in [2.05, 4.69) is 15.4 Å². The molecule has 100 valence electrons. The van der Waals surface area contributed by atoms with Gasteiger partial charge in [0.1, 0.15) is 6.04 Å². The van der Waals surface area contributed by atoms with E-state index in [0.717, 1.165) is 5.69 Å². The third kappa shape index (κ3) is 2.90. The number of rotatable bonds is 5. The van der Waals surface area contributed by atoms with Crippen molar-refractivity contribution in [3.63, 3.8) is 0 Å². The zero-order chi connectivity index (χ0) is 13.7. The van der Waals surface area contributed by atoms with Gasteiger partial charge in [0.05, 0.1) is 12.8 Å². The number of ether oxygens (including phenoxy) is 1. The molecule has 0 aromatic carbocycles. The molecule has 6 nitrogen and oxygen atoms in total. The summed E-state index contributed by atoms with van der Waals surface area (Å²) in [6, 6.07) is 5.08. The third-order valence-electron chi connectivity index (χ3n) is 2.73. The van der Waals surface area contributed by atoms with Crippen molar-refractivity contribution in [1.82, 2.24) is 14.8 Å². The number of carbonyl (C=O) groups is 1. The summed E-state index contributed by atoms with van der Waals surface area (Å²) >= 11 is 0. The third-order valence-corrected chi connectivity index (χ3v) is 2.73. The number of esters is 1. The van der Waals surface area contributed by atoms with Crippen molar-refractivity contribution in [3.8, 4) is 5.82 Å². The van der Waals surface area contributed by atoms with Gasteiger partial charge in [-0.1, -0.05) is 6.92 Å². The molecule has 0 fully saturated rings. The second-order valence-electron chi connectivity index (χ2n) is 3.95.